The summed E-state index contributed by atoms with van der Waals surface area (Å²) in [6.45, 7) is 12.7. The summed E-state index contributed by atoms with van der Waals surface area (Å²) < 4.78 is 0. The predicted molar refractivity (Wildman–Crippen MR) is 134 cm³/mol. The van der Waals surface area contributed by atoms with Crippen LogP contribution >= 0.6 is 0 Å². The number of aliphatic imine (C=N–C) groups is 1. The second-order valence-electron chi connectivity index (χ2n) is 10.8. The molecule has 0 aliphatic heterocycles. The third kappa shape index (κ3) is 6.77. The largest absolute Gasteiger partial charge is 0.508 e. The van der Waals surface area contributed by atoms with E-state index in [0.717, 1.165) is 12.0 Å². The van der Waals surface area contributed by atoms with Gasteiger partial charge in [0.1, 0.15) is 5.76 Å². The normalized spacial score (nSPS) is 22.8. The van der Waals surface area contributed by atoms with Crippen LogP contribution < -0.4 is 0 Å². The van der Waals surface area contributed by atoms with Gasteiger partial charge in [-0.2, -0.15) is 0 Å². The van der Waals surface area contributed by atoms with Crippen LogP contribution in [0.3, 0.4) is 0 Å². The molecule has 1 aliphatic carbocycles. The minimum absolute atomic E-state index is 0.111. The van der Waals surface area contributed by atoms with Crippen LogP contribution in [0.5, 0.6) is 0 Å². The van der Waals surface area contributed by atoms with Gasteiger partial charge in [-0.15, -0.1) is 0 Å². The predicted octanol–water partition coefficient (Wildman–Crippen LogP) is 5.65. The van der Waals surface area contributed by atoms with E-state index in [1.807, 2.05) is 58.0 Å². The Morgan fingerprint density at radius 3 is 2.12 bits per heavy atom. The van der Waals surface area contributed by atoms with E-state index in [1.165, 1.54) is 0 Å². The average molecular weight is 458 g/mol. The van der Waals surface area contributed by atoms with Crippen LogP contribution in [-0.2, 0) is 11.3 Å². The van der Waals surface area contributed by atoms with Gasteiger partial charge in [-0.25, -0.2) is 0 Å². The summed E-state index contributed by atoms with van der Waals surface area (Å²) in [6.07, 6.45) is 1.43. The fourth-order valence-electron chi connectivity index (χ4n) is 4.49. The number of carbonyl (C=O) groups excluding carboxylic acids is 1. The Bertz CT molecular complexity index is 841. The third-order valence-electron chi connectivity index (χ3n) is 6.45. The number of aliphatic hydroxyl groups is 3. The monoisotopic (exact) mass is 457 g/mol. The zero-order chi connectivity index (χ0) is 24.8. The molecule has 5 heteroatoms. The molecule has 1 unspecified atom stereocenters. The molecule has 0 saturated carbocycles. The maximum atomic E-state index is 13.7. The van der Waals surface area contributed by atoms with Crippen LogP contribution in [0.25, 0.3) is 0 Å². The number of hydrogen-bond donors (Lipinski definition) is 3. The van der Waals surface area contributed by atoms with Gasteiger partial charge in [-0.1, -0.05) is 78.3 Å². The second kappa shape index (κ2) is 11.9. The van der Waals surface area contributed by atoms with E-state index in [4.69, 9.17) is 4.99 Å². The summed E-state index contributed by atoms with van der Waals surface area (Å²) in [5, 5.41) is 34.0. The van der Waals surface area contributed by atoms with Crippen molar-refractivity contribution < 1.29 is 20.1 Å². The Balaban J connectivity index is 2.50. The van der Waals surface area contributed by atoms with Gasteiger partial charge in [0.15, 0.2) is 11.4 Å². The number of benzene rings is 1. The third-order valence-corrected chi connectivity index (χ3v) is 6.45. The van der Waals surface area contributed by atoms with Crippen molar-refractivity contribution in [3.05, 3.63) is 47.2 Å². The molecule has 3 N–H and O–H groups in total. The van der Waals surface area contributed by atoms with Crippen molar-refractivity contribution >= 4 is 11.5 Å². The van der Waals surface area contributed by atoms with E-state index in [2.05, 4.69) is 13.8 Å². The highest BCUT2D eigenvalue weighted by atomic mass is 16.4. The van der Waals surface area contributed by atoms with Gasteiger partial charge in [0.25, 0.3) is 0 Å². The van der Waals surface area contributed by atoms with Crippen molar-refractivity contribution in [2.45, 2.75) is 91.9 Å². The molecule has 0 fully saturated rings. The summed E-state index contributed by atoms with van der Waals surface area (Å²) in [5.74, 6) is -0.684. The van der Waals surface area contributed by atoms with Crippen molar-refractivity contribution in [3.63, 3.8) is 0 Å². The van der Waals surface area contributed by atoms with Crippen LogP contribution in [0.4, 0.5) is 0 Å². The van der Waals surface area contributed by atoms with E-state index in [9.17, 15) is 20.1 Å². The molecule has 184 valence electrons. The first-order valence-corrected chi connectivity index (χ1v) is 12.4. The molecule has 1 aromatic carbocycles. The number of allylic oxidation sites excluding steroid dienone is 1. The molecule has 0 spiro atoms. The minimum Gasteiger partial charge on any atom is -0.508 e. The van der Waals surface area contributed by atoms with E-state index in [1.54, 1.807) is 0 Å². The first kappa shape index (κ1) is 27.3. The molecule has 33 heavy (non-hydrogen) atoms. The van der Waals surface area contributed by atoms with Crippen molar-refractivity contribution in [1.82, 2.24) is 0 Å². The van der Waals surface area contributed by atoms with Crippen molar-refractivity contribution in [1.29, 1.82) is 0 Å². The van der Waals surface area contributed by atoms with Gasteiger partial charge >= 0.3 is 0 Å². The number of rotatable bonds is 12. The SMILES string of the molecule is CC(C)CCC(O)[C@@]1(O)C(O)=C(C(CC(C)C)=NCc2ccccc2)C(=O)[C@@H]1CCC(C)C. The lowest BCUT2D eigenvalue weighted by Gasteiger charge is -2.34. The number of carbonyl (C=O) groups is 1. The van der Waals surface area contributed by atoms with Crippen LogP contribution in [-0.4, -0.2) is 38.5 Å². The summed E-state index contributed by atoms with van der Waals surface area (Å²) in [5.41, 5.74) is -0.342. The van der Waals surface area contributed by atoms with Gasteiger partial charge < -0.3 is 15.3 Å². The lowest BCUT2D eigenvalue weighted by atomic mass is 9.78. The molecule has 5 nitrogen and oxygen atoms in total. The van der Waals surface area contributed by atoms with Crippen molar-refractivity contribution in [3.8, 4) is 0 Å². The molecule has 3 atom stereocenters. The molecule has 0 radical (unpaired) electrons. The van der Waals surface area contributed by atoms with Gasteiger partial charge in [0.2, 0.25) is 0 Å². The topological polar surface area (TPSA) is 90.1 Å². The number of aliphatic hydroxyl groups excluding tert-OH is 2. The van der Waals surface area contributed by atoms with Crippen molar-refractivity contribution in [2.24, 2.45) is 28.7 Å². The Labute approximate surface area is 199 Å². The van der Waals surface area contributed by atoms with Gasteiger partial charge in [0, 0.05) is 5.71 Å². The highest BCUT2D eigenvalue weighted by molar-refractivity contribution is 6.25. The van der Waals surface area contributed by atoms with E-state index in [0.29, 0.717) is 49.8 Å². The molecule has 0 aromatic heterocycles. The fraction of sp³-hybridized carbons (Fsp3) is 0.643. The van der Waals surface area contributed by atoms with Crippen molar-refractivity contribution in [2.75, 3.05) is 0 Å². The molecule has 0 heterocycles. The summed E-state index contributed by atoms with van der Waals surface area (Å²) in [6, 6.07) is 9.76. The first-order valence-electron chi connectivity index (χ1n) is 12.4. The summed E-state index contributed by atoms with van der Waals surface area (Å²) >= 11 is 0. The van der Waals surface area contributed by atoms with E-state index < -0.39 is 23.4 Å². The molecule has 1 aliphatic rings. The molecular formula is C28H43NO4. The molecular weight excluding hydrogens is 414 g/mol. The van der Waals surface area contributed by atoms with Crippen LogP contribution in [0.15, 0.2) is 46.7 Å². The number of hydrogen-bond acceptors (Lipinski definition) is 5. The molecule has 0 saturated heterocycles. The Kier molecular flexibility index (Phi) is 9.86. The molecule has 0 amide bonds. The van der Waals surface area contributed by atoms with Crippen LogP contribution in [0.1, 0.15) is 79.2 Å². The summed E-state index contributed by atoms with van der Waals surface area (Å²) in [7, 11) is 0. The lowest BCUT2D eigenvalue weighted by molar-refractivity contribution is -0.137. The Hall–Kier alpha value is -1.98. The Morgan fingerprint density at radius 1 is 0.970 bits per heavy atom. The van der Waals surface area contributed by atoms with Crippen LogP contribution in [0, 0.1) is 23.7 Å². The summed E-state index contributed by atoms with van der Waals surface area (Å²) in [4.78, 5) is 18.4. The second-order valence-corrected chi connectivity index (χ2v) is 10.8. The Morgan fingerprint density at radius 2 is 1.58 bits per heavy atom. The van der Waals surface area contributed by atoms with Gasteiger partial charge in [-0.3, -0.25) is 9.79 Å². The van der Waals surface area contributed by atoms with E-state index >= 15 is 0 Å². The van der Waals surface area contributed by atoms with Gasteiger partial charge in [-0.05, 0) is 49.0 Å². The quantitative estimate of drug-likeness (QED) is 0.354. The minimum atomic E-state index is -1.97. The molecule has 2 rings (SSSR count). The van der Waals surface area contributed by atoms with Gasteiger partial charge in [0.05, 0.1) is 24.1 Å². The number of ketones is 1. The zero-order valence-electron chi connectivity index (χ0n) is 21.2. The maximum absolute atomic E-state index is 13.7. The standard InChI is InChI=1S/C28H43NO4/c1-18(2)12-14-22-26(31)25(27(32)28(22,33)24(30)15-13-19(3)4)23(16-20(5)6)29-17-21-10-8-7-9-11-21/h7-11,18-20,22,24,30,32-33H,12-17H2,1-6H3/t22-,24?,28+/m0/s1. The number of nitrogens with zero attached hydrogens (tertiary/aromatic N) is 1. The molecule has 1 aromatic rings. The molecule has 0 bridgehead atoms. The fourth-order valence-corrected chi connectivity index (χ4v) is 4.49. The zero-order valence-corrected chi connectivity index (χ0v) is 21.2. The smallest absolute Gasteiger partial charge is 0.174 e. The highest BCUT2D eigenvalue weighted by Crippen LogP contribution is 2.44. The highest BCUT2D eigenvalue weighted by Gasteiger charge is 2.57. The van der Waals surface area contributed by atoms with Crippen LogP contribution in [0.2, 0.25) is 0 Å². The average Bonchev–Trinajstić information content (AvgIpc) is 2.94. The first-order chi connectivity index (χ1) is 15.5. The maximum Gasteiger partial charge on any atom is 0.174 e. The number of Topliss-reactive ketones (excluding diaryl/α,β-unsaturated/α-hetero) is 1. The van der Waals surface area contributed by atoms with E-state index in [-0.39, 0.29) is 17.3 Å². The lowest BCUT2D eigenvalue weighted by Crippen LogP contribution is -2.49.